The van der Waals surface area contributed by atoms with Gasteiger partial charge >= 0.3 is 0 Å². The van der Waals surface area contributed by atoms with E-state index in [2.05, 4.69) is 157 Å². The minimum absolute atomic E-state index is 0.905. The molecule has 2 nitrogen and oxygen atoms in total. The van der Waals surface area contributed by atoms with Crippen molar-refractivity contribution in [1.82, 2.24) is 4.98 Å². The van der Waals surface area contributed by atoms with E-state index in [0.717, 1.165) is 17.2 Å². The molecule has 0 aliphatic carbocycles. The van der Waals surface area contributed by atoms with Crippen molar-refractivity contribution in [3.8, 4) is 11.1 Å². The summed E-state index contributed by atoms with van der Waals surface area (Å²) in [5.74, 6) is 0.905. The van der Waals surface area contributed by atoms with E-state index < -0.39 is 0 Å². The van der Waals surface area contributed by atoms with Gasteiger partial charge in [-0.2, -0.15) is 0 Å². The third-order valence-electron chi connectivity index (χ3n) is 8.69. The predicted octanol–water partition coefficient (Wildman–Crippen LogP) is 12.0. The third kappa shape index (κ3) is 4.05. The molecule has 0 bridgehead atoms. The highest BCUT2D eigenvalue weighted by molar-refractivity contribution is 7.25. The van der Waals surface area contributed by atoms with Gasteiger partial charge in [-0.15, -0.1) is 11.3 Å². The minimum atomic E-state index is 0.905. The second-order valence-electron chi connectivity index (χ2n) is 11.2. The van der Waals surface area contributed by atoms with Gasteiger partial charge in [-0.3, -0.25) is 4.90 Å². The van der Waals surface area contributed by atoms with Gasteiger partial charge in [0.15, 0.2) is 0 Å². The van der Waals surface area contributed by atoms with Crippen LogP contribution in [0.3, 0.4) is 0 Å². The fourth-order valence-corrected chi connectivity index (χ4v) is 7.64. The van der Waals surface area contributed by atoms with Crippen LogP contribution in [0.5, 0.6) is 0 Å². The van der Waals surface area contributed by atoms with Gasteiger partial charge < -0.3 is 0 Å². The number of benzene rings is 7. The Morgan fingerprint density at radius 3 is 1.89 bits per heavy atom. The molecule has 0 saturated carbocycles. The molecular weight excluding hydrogens is 553 g/mol. The van der Waals surface area contributed by atoms with Crippen LogP contribution in [-0.2, 0) is 0 Å². The van der Waals surface area contributed by atoms with Gasteiger partial charge in [0.2, 0.25) is 0 Å². The molecule has 7 aromatic carbocycles. The Bertz CT molecular complexity index is 2490. The van der Waals surface area contributed by atoms with Gasteiger partial charge in [-0.25, -0.2) is 4.98 Å². The number of thiophene rings is 1. The van der Waals surface area contributed by atoms with E-state index in [1.807, 2.05) is 17.5 Å². The maximum Gasteiger partial charge on any atom is 0.138 e. The first-order chi connectivity index (χ1) is 21.8. The van der Waals surface area contributed by atoms with Crippen molar-refractivity contribution >= 4 is 81.0 Å². The number of hydrogen-bond donors (Lipinski definition) is 0. The average molecular weight is 579 g/mol. The maximum absolute atomic E-state index is 5.06. The quantitative estimate of drug-likeness (QED) is 0.193. The standard InChI is InChI=1S/C41H26N2S/c1-2-8-27(9-3-1)28-14-18-31(19-15-28)43(41-25-40-38(26-42-41)37-12-6-7-13-39(37)44-40)32-20-23-34-30(24-32)17-22-35-33-11-5-4-10-29(33)16-21-36(34)35/h1-26H. The zero-order valence-electron chi connectivity index (χ0n) is 23.8. The van der Waals surface area contributed by atoms with E-state index in [9.17, 15) is 0 Å². The van der Waals surface area contributed by atoms with Gasteiger partial charge in [0.1, 0.15) is 5.82 Å². The van der Waals surface area contributed by atoms with Gasteiger partial charge in [-0.1, -0.05) is 115 Å². The van der Waals surface area contributed by atoms with Crippen molar-refractivity contribution in [2.24, 2.45) is 0 Å². The van der Waals surface area contributed by atoms with Crippen molar-refractivity contribution in [1.29, 1.82) is 0 Å². The summed E-state index contributed by atoms with van der Waals surface area (Å²) in [5.41, 5.74) is 4.56. The summed E-state index contributed by atoms with van der Waals surface area (Å²) in [6.07, 6.45) is 2.04. The molecule has 0 N–H and O–H groups in total. The van der Waals surface area contributed by atoms with Crippen LogP contribution < -0.4 is 4.90 Å². The third-order valence-corrected chi connectivity index (χ3v) is 9.83. The highest BCUT2D eigenvalue weighted by Crippen LogP contribution is 2.41. The summed E-state index contributed by atoms with van der Waals surface area (Å²) in [6, 6.07) is 54.6. The van der Waals surface area contributed by atoms with Gasteiger partial charge in [-0.05, 0) is 79.8 Å². The Hall–Kier alpha value is -5.51. The Morgan fingerprint density at radius 1 is 0.409 bits per heavy atom. The average Bonchev–Trinajstić information content (AvgIpc) is 3.47. The fraction of sp³-hybridized carbons (Fsp3) is 0. The first-order valence-corrected chi connectivity index (χ1v) is 15.7. The summed E-state index contributed by atoms with van der Waals surface area (Å²) < 4.78 is 2.52. The second-order valence-corrected chi connectivity index (χ2v) is 12.3. The second kappa shape index (κ2) is 10.0. The van der Waals surface area contributed by atoms with Crippen LogP contribution in [0.1, 0.15) is 0 Å². The SMILES string of the molecule is c1ccc(-c2ccc(N(c3ccc4c(ccc5c6ccccc6ccc45)c3)c3cc4sc5ccccc5c4cn3)cc2)cc1. The van der Waals surface area contributed by atoms with Crippen molar-refractivity contribution in [2.75, 3.05) is 4.90 Å². The van der Waals surface area contributed by atoms with E-state index in [4.69, 9.17) is 4.98 Å². The molecule has 0 aliphatic heterocycles. The van der Waals surface area contributed by atoms with Crippen molar-refractivity contribution in [3.63, 3.8) is 0 Å². The van der Waals surface area contributed by atoms with E-state index >= 15 is 0 Å². The molecule has 2 heterocycles. The Balaban J connectivity index is 1.22. The highest BCUT2D eigenvalue weighted by Gasteiger charge is 2.17. The summed E-state index contributed by atoms with van der Waals surface area (Å²) in [7, 11) is 0. The van der Waals surface area contributed by atoms with Crippen LogP contribution in [0, 0.1) is 0 Å². The molecule has 9 aromatic rings. The number of nitrogens with zero attached hydrogens (tertiary/aromatic N) is 2. The Labute approximate surface area is 259 Å². The zero-order valence-corrected chi connectivity index (χ0v) is 24.6. The monoisotopic (exact) mass is 578 g/mol. The smallest absolute Gasteiger partial charge is 0.138 e. The van der Waals surface area contributed by atoms with Crippen LogP contribution in [-0.4, -0.2) is 4.98 Å². The van der Waals surface area contributed by atoms with Gasteiger partial charge in [0, 0.05) is 37.7 Å². The molecule has 0 atom stereocenters. The normalized spacial score (nSPS) is 11.6. The van der Waals surface area contributed by atoms with Crippen molar-refractivity contribution in [2.45, 2.75) is 0 Å². The number of hydrogen-bond acceptors (Lipinski definition) is 3. The number of anilines is 3. The van der Waals surface area contributed by atoms with Crippen LogP contribution in [0.4, 0.5) is 17.2 Å². The van der Waals surface area contributed by atoms with Gasteiger partial charge in [0.25, 0.3) is 0 Å². The summed E-state index contributed by atoms with van der Waals surface area (Å²) >= 11 is 1.82. The maximum atomic E-state index is 5.06. The van der Waals surface area contributed by atoms with E-state index in [1.165, 1.54) is 63.6 Å². The lowest BCUT2D eigenvalue weighted by Crippen LogP contribution is -2.11. The molecule has 3 heteroatoms. The van der Waals surface area contributed by atoms with E-state index in [0.29, 0.717) is 0 Å². The molecule has 44 heavy (non-hydrogen) atoms. The van der Waals surface area contributed by atoms with Crippen molar-refractivity contribution < 1.29 is 0 Å². The fourth-order valence-electron chi connectivity index (χ4n) is 6.53. The first kappa shape index (κ1) is 25.0. The van der Waals surface area contributed by atoms with Gasteiger partial charge in [0.05, 0.1) is 0 Å². The molecule has 0 aliphatic rings. The Morgan fingerprint density at radius 2 is 1.05 bits per heavy atom. The number of aromatic nitrogens is 1. The summed E-state index contributed by atoms with van der Waals surface area (Å²) in [6.45, 7) is 0. The van der Waals surface area contributed by atoms with E-state index in [-0.39, 0.29) is 0 Å². The molecule has 0 radical (unpaired) electrons. The zero-order chi connectivity index (χ0) is 29.0. The highest BCUT2D eigenvalue weighted by atomic mass is 32.1. The first-order valence-electron chi connectivity index (χ1n) is 14.9. The summed E-state index contributed by atoms with van der Waals surface area (Å²) in [5, 5.41) is 10.0. The van der Waals surface area contributed by atoms with Crippen molar-refractivity contribution in [3.05, 3.63) is 158 Å². The lowest BCUT2D eigenvalue weighted by Gasteiger charge is -2.25. The lowest BCUT2D eigenvalue weighted by molar-refractivity contribution is 1.20. The molecule has 0 spiro atoms. The molecular formula is C41H26N2S. The molecule has 0 saturated heterocycles. The van der Waals surface area contributed by atoms with E-state index in [1.54, 1.807) is 0 Å². The van der Waals surface area contributed by atoms with Crippen LogP contribution in [0.2, 0.25) is 0 Å². The molecule has 2 aromatic heterocycles. The van der Waals surface area contributed by atoms with Crippen LogP contribution in [0.25, 0.3) is 63.6 Å². The molecule has 0 fully saturated rings. The predicted molar refractivity (Wildman–Crippen MR) is 190 cm³/mol. The number of pyridine rings is 1. The van der Waals surface area contributed by atoms with Crippen LogP contribution >= 0.6 is 11.3 Å². The summed E-state index contributed by atoms with van der Waals surface area (Å²) in [4.78, 5) is 7.34. The van der Waals surface area contributed by atoms with Crippen LogP contribution in [0.15, 0.2) is 158 Å². The number of rotatable bonds is 4. The lowest BCUT2D eigenvalue weighted by atomic mass is 9.96. The molecule has 0 unspecified atom stereocenters. The Kier molecular flexibility index (Phi) is 5.71. The topological polar surface area (TPSA) is 16.1 Å². The minimum Gasteiger partial charge on any atom is -0.295 e. The number of fused-ring (bicyclic) bond motifs is 8. The molecule has 9 rings (SSSR count). The largest absolute Gasteiger partial charge is 0.295 e. The molecule has 0 amide bonds. The molecule has 206 valence electrons.